The predicted octanol–water partition coefficient (Wildman–Crippen LogP) is 1.88. The Kier molecular flexibility index (Phi) is 16.2. The Balaban J connectivity index is 1.36. The van der Waals surface area contributed by atoms with Crippen molar-refractivity contribution in [2.45, 2.75) is 43.2 Å². The van der Waals surface area contributed by atoms with Crippen molar-refractivity contribution in [1.82, 2.24) is 15.2 Å². The quantitative estimate of drug-likeness (QED) is 0.0549. The molecule has 19 nitrogen and oxygen atoms in total. The molecule has 0 aliphatic carbocycles. The maximum atomic E-state index is 12.5. The summed E-state index contributed by atoms with van der Waals surface area (Å²) >= 11 is 1.14. The molecule has 20 heteroatoms. The lowest BCUT2D eigenvalue weighted by Crippen LogP contribution is -2.40. The Morgan fingerprint density at radius 2 is 1.32 bits per heavy atom. The molecule has 0 aliphatic heterocycles. The van der Waals surface area contributed by atoms with Gasteiger partial charge in [0.2, 0.25) is 29.5 Å². The van der Waals surface area contributed by atoms with Gasteiger partial charge in [0.05, 0.1) is 41.9 Å². The summed E-state index contributed by atoms with van der Waals surface area (Å²) in [5, 5.41) is 65.6. The largest absolute Gasteiger partial charge is 0.494 e. The summed E-state index contributed by atoms with van der Waals surface area (Å²) in [4.78, 5) is 71.3. The minimum atomic E-state index is -1.33. The Morgan fingerprint density at radius 1 is 0.774 bits per heavy atom. The maximum Gasteiger partial charge on any atom is 0.320 e. The van der Waals surface area contributed by atoms with E-state index in [0.29, 0.717) is 33.4 Å². The van der Waals surface area contributed by atoms with Crippen LogP contribution in [0.5, 0.6) is 11.8 Å². The number of carbonyl (C=O) groups is 6. The predicted molar refractivity (Wildman–Crippen MR) is 191 cm³/mol. The Bertz CT molecular complexity index is 1780. The van der Waals surface area contributed by atoms with E-state index in [2.05, 4.69) is 31.5 Å². The second kappa shape index (κ2) is 20.8. The van der Waals surface area contributed by atoms with Crippen molar-refractivity contribution in [3.8, 4) is 11.8 Å². The number of nitrogens with zero attached hydrogens (tertiary/aromatic N) is 3. The Labute approximate surface area is 306 Å². The number of aliphatic hydroxyl groups is 1. The number of carboxylic acids is 2. The third kappa shape index (κ3) is 14.3. The SMILES string of the molecule is N[C@@H](CC(CCCC(=O)NCC(=O)NCC(=O)Nc1ccc(N=Nc2ccc(NC(=O)Cn3c(O)cc(SCCO)c3O)cc2)cc1)C(=O)O)C(=O)O. The standard InChI is InChI=1S/C33H40N8O11S/c34-24(33(51)52)14-19(32(49)50)2-1-3-26(43)35-16-27(44)36-17-28(45)37-20-4-8-22(9-5-20)39-40-23-10-6-21(7-11-23)38-29(46)18-41-30(47)15-25(31(41)48)53-13-12-42/h4-11,15,19,24,42,47-48H,1-3,12-14,16-18,34H2,(H,35,43)(H,36,44)(H,37,45)(H,38,46)(H,49,50)(H,51,52)/t19?,24-/m0/s1. The molecule has 3 aromatic rings. The van der Waals surface area contributed by atoms with Crippen molar-refractivity contribution >= 4 is 70.1 Å². The number of aliphatic hydroxyl groups excluding tert-OH is 1. The number of amides is 4. The first kappa shape index (κ1) is 41.4. The van der Waals surface area contributed by atoms with Gasteiger partial charge in [-0.2, -0.15) is 10.2 Å². The molecule has 0 radical (unpaired) electrons. The van der Waals surface area contributed by atoms with Crippen LogP contribution in [0.25, 0.3) is 0 Å². The summed E-state index contributed by atoms with van der Waals surface area (Å²) in [6.07, 6.45) is -0.197. The van der Waals surface area contributed by atoms with E-state index >= 15 is 0 Å². The van der Waals surface area contributed by atoms with E-state index in [1.54, 1.807) is 48.5 Å². The van der Waals surface area contributed by atoms with E-state index in [1.807, 2.05) is 0 Å². The lowest BCUT2D eigenvalue weighted by atomic mass is 9.94. The van der Waals surface area contributed by atoms with Gasteiger partial charge in [-0.05, 0) is 67.8 Å². The monoisotopic (exact) mass is 756 g/mol. The van der Waals surface area contributed by atoms with Gasteiger partial charge in [0.15, 0.2) is 5.88 Å². The van der Waals surface area contributed by atoms with Gasteiger partial charge in [0, 0.05) is 29.6 Å². The molecule has 0 spiro atoms. The molecule has 1 heterocycles. The molecule has 2 atom stereocenters. The average Bonchev–Trinajstić information content (AvgIpc) is 3.39. The van der Waals surface area contributed by atoms with Crippen LogP contribution in [0.1, 0.15) is 25.7 Å². The third-order valence-electron chi connectivity index (χ3n) is 7.30. The highest BCUT2D eigenvalue weighted by Gasteiger charge is 2.24. The lowest BCUT2D eigenvalue weighted by molar-refractivity contribution is -0.144. The van der Waals surface area contributed by atoms with Gasteiger partial charge in [-0.15, -0.1) is 11.8 Å². The van der Waals surface area contributed by atoms with Crippen molar-refractivity contribution in [2.24, 2.45) is 21.9 Å². The molecular formula is C33H40N8O11S. The number of benzene rings is 2. The number of carboxylic acid groups (broad SMARTS) is 2. The van der Waals surface area contributed by atoms with E-state index in [4.69, 9.17) is 15.9 Å². The number of aliphatic carboxylic acids is 2. The molecule has 284 valence electrons. The van der Waals surface area contributed by atoms with Crippen LogP contribution in [0, 0.1) is 5.92 Å². The van der Waals surface area contributed by atoms with E-state index in [1.165, 1.54) is 6.07 Å². The van der Waals surface area contributed by atoms with Crippen LogP contribution >= 0.6 is 11.8 Å². The zero-order valence-corrected chi connectivity index (χ0v) is 29.0. The molecular weight excluding hydrogens is 716 g/mol. The minimum Gasteiger partial charge on any atom is -0.494 e. The van der Waals surface area contributed by atoms with Gasteiger partial charge in [-0.3, -0.25) is 33.3 Å². The molecule has 0 saturated carbocycles. The van der Waals surface area contributed by atoms with E-state index in [9.17, 15) is 44.1 Å². The van der Waals surface area contributed by atoms with Crippen LogP contribution in [0.4, 0.5) is 22.7 Å². The summed E-state index contributed by atoms with van der Waals surface area (Å²) in [6.45, 7) is -1.24. The van der Waals surface area contributed by atoms with Crippen LogP contribution in [0.3, 0.4) is 0 Å². The highest BCUT2D eigenvalue weighted by atomic mass is 32.2. The normalized spacial score (nSPS) is 12.1. The van der Waals surface area contributed by atoms with E-state index in [-0.39, 0.29) is 57.1 Å². The highest BCUT2D eigenvalue weighted by molar-refractivity contribution is 7.99. The number of nitrogens with one attached hydrogen (secondary N) is 4. The second-order valence-electron chi connectivity index (χ2n) is 11.4. The average molecular weight is 757 g/mol. The molecule has 4 amide bonds. The van der Waals surface area contributed by atoms with Gasteiger partial charge in [0.25, 0.3) is 0 Å². The number of nitrogens with two attached hydrogens (primary N) is 1. The van der Waals surface area contributed by atoms with Crippen LogP contribution < -0.4 is 27.0 Å². The maximum absolute atomic E-state index is 12.5. The topological polar surface area (TPSA) is 307 Å². The first-order valence-electron chi connectivity index (χ1n) is 16.1. The third-order valence-corrected chi connectivity index (χ3v) is 8.30. The van der Waals surface area contributed by atoms with Crippen LogP contribution in [0.2, 0.25) is 0 Å². The van der Waals surface area contributed by atoms with Crippen molar-refractivity contribution in [2.75, 3.05) is 36.1 Å². The number of thioether (sulfide) groups is 1. The number of aromatic nitrogens is 1. The molecule has 2 aromatic carbocycles. The van der Waals surface area contributed by atoms with Gasteiger partial charge in [-0.1, -0.05) is 0 Å². The second-order valence-corrected chi connectivity index (χ2v) is 12.5. The van der Waals surface area contributed by atoms with Crippen molar-refractivity contribution in [1.29, 1.82) is 0 Å². The Hall–Kier alpha value is -5.99. The number of aromatic hydroxyl groups is 2. The van der Waals surface area contributed by atoms with Crippen molar-refractivity contribution in [3.05, 3.63) is 54.6 Å². The molecule has 53 heavy (non-hydrogen) atoms. The lowest BCUT2D eigenvalue weighted by Gasteiger charge is -2.14. The fourth-order valence-electron chi connectivity index (χ4n) is 4.57. The first-order chi connectivity index (χ1) is 25.2. The van der Waals surface area contributed by atoms with Gasteiger partial charge in [-0.25, -0.2) is 0 Å². The Morgan fingerprint density at radius 3 is 1.87 bits per heavy atom. The fraction of sp³-hybridized carbons (Fsp3) is 0.333. The molecule has 0 fully saturated rings. The van der Waals surface area contributed by atoms with E-state index in [0.717, 1.165) is 16.3 Å². The van der Waals surface area contributed by atoms with Crippen molar-refractivity contribution in [3.63, 3.8) is 0 Å². The molecule has 11 N–H and O–H groups in total. The summed E-state index contributed by atoms with van der Waals surface area (Å²) in [5.41, 5.74) is 7.20. The van der Waals surface area contributed by atoms with Gasteiger partial charge in [0.1, 0.15) is 12.6 Å². The van der Waals surface area contributed by atoms with Crippen molar-refractivity contribution < 1.29 is 54.3 Å². The zero-order valence-electron chi connectivity index (χ0n) is 28.2. The molecule has 0 aliphatic rings. The summed E-state index contributed by atoms with van der Waals surface area (Å²) in [6, 6.07) is 12.7. The smallest absolute Gasteiger partial charge is 0.320 e. The highest BCUT2D eigenvalue weighted by Crippen LogP contribution is 2.35. The molecule has 0 bridgehead atoms. The van der Waals surface area contributed by atoms with Crippen LogP contribution in [0.15, 0.2) is 69.7 Å². The molecule has 1 aromatic heterocycles. The van der Waals surface area contributed by atoms with Gasteiger partial charge >= 0.3 is 11.9 Å². The molecule has 3 rings (SSSR count). The summed E-state index contributed by atoms with van der Waals surface area (Å²) in [5.74, 6) is -6.00. The zero-order chi connectivity index (χ0) is 38.9. The van der Waals surface area contributed by atoms with Gasteiger partial charge < -0.3 is 52.5 Å². The number of carbonyl (C=O) groups excluding carboxylic acids is 4. The molecule has 1 unspecified atom stereocenters. The minimum absolute atomic E-state index is 0.0316. The summed E-state index contributed by atoms with van der Waals surface area (Å²) in [7, 11) is 0. The number of azo groups is 1. The first-order valence-corrected chi connectivity index (χ1v) is 17.1. The number of hydrogen-bond donors (Lipinski definition) is 10. The van der Waals surface area contributed by atoms with E-state index < -0.39 is 54.1 Å². The molecule has 0 saturated heterocycles. The van der Waals surface area contributed by atoms with Crippen LogP contribution in [-0.2, 0) is 35.3 Å². The number of anilines is 2. The number of hydrogen-bond acceptors (Lipinski definition) is 13. The van der Waals surface area contributed by atoms with Crippen LogP contribution in [-0.4, -0.2) is 97.2 Å². The fourth-order valence-corrected chi connectivity index (χ4v) is 5.31. The number of rotatable bonds is 21. The summed E-state index contributed by atoms with van der Waals surface area (Å²) < 4.78 is 1.04.